The first kappa shape index (κ1) is 18.9. The Morgan fingerprint density at radius 2 is 1.90 bits per heavy atom. The molecule has 154 valence electrons. The maximum Gasteiger partial charge on any atom is 0.146 e. The average molecular weight is 414 g/mol. The van der Waals surface area contributed by atoms with Crippen molar-refractivity contribution in [3.63, 3.8) is 0 Å². The van der Waals surface area contributed by atoms with Crippen molar-refractivity contribution in [1.29, 1.82) is 0 Å². The highest BCUT2D eigenvalue weighted by Gasteiger charge is 2.26. The molecule has 5 rings (SSSR count). The van der Waals surface area contributed by atoms with Crippen molar-refractivity contribution in [3.8, 4) is 0 Å². The topological polar surface area (TPSA) is 72.2 Å². The van der Waals surface area contributed by atoms with Gasteiger partial charge in [-0.05, 0) is 32.3 Å². The van der Waals surface area contributed by atoms with E-state index in [0.717, 1.165) is 75.3 Å². The number of hydrogen-bond acceptors (Lipinski definition) is 8. The lowest BCUT2D eigenvalue weighted by Crippen LogP contribution is -2.37. The van der Waals surface area contributed by atoms with Gasteiger partial charge in [-0.3, -0.25) is 4.90 Å². The van der Waals surface area contributed by atoms with Crippen molar-refractivity contribution in [2.75, 3.05) is 44.3 Å². The van der Waals surface area contributed by atoms with E-state index in [0.29, 0.717) is 6.04 Å². The third-order valence-electron chi connectivity index (χ3n) is 6.10. The normalized spacial score (nSPS) is 19.3. The summed E-state index contributed by atoms with van der Waals surface area (Å²) in [5.41, 5.74) is 1.32. The van der Waals surface area contributed by atoms with Crippen LogP contribution in [0.3, 0.4) is 0 Å². The zero-order valence-electron chi connectivity index (χ0n) is 17.0. The lowest BCUT2D eigenvalue weighted by atomic mass is 10.0. The Bertz CT molecular complexity index is 973. The molecule has 0 aliphatic carbocycles. The Morgan fingerprint density at radius 1 is 1.10 bits per heavy atom. The number of anilines is 1. The molecule has 0 unspecified atom stereocenters. The van der Waals surface area contributed by atoms with E-state index in [1.165, 1.54) is 15.8 Å². The molecule has 3 aromatic rings. The zero-order chi connectivity index (χ0) is 19.8. The molecule has 2 aliphatic heterocycles. The number of thiophene rings is 1. The number of hydrogen-bond donors (Lipinski definition) is 0. The van der Waals surface area contributed by atoms with Gasteiger partial charge in [0, 0.05) is 37.3 Å². The number of nitrogens with zero attached hydrogens (tertiary/aromatic N) is 7. The van der Waals surface area contributed by atoms with Gasteiger partial charge in [-0.15, -0.1) is 16.4 Å². The molecule has 0 aromatic carbocycles. The van der Waals surface area contributed by atoms with Gasteiger partial charge in [-0.2, -0.15) is 0 Å². The van der Waals surface area contributed by atoms with Crippen molar-refractivity contribution in [2.24, 2.45) is 0 Å². The summed E-state index contributed by atoms with van der Waals surface area (Å²) in [6.45, 7) is 10.6. The minimum Gasteiger partial charge on any atom is -0.379 e. The van der Waals surface area contributed by atoms with Gasteiger partial charge >= 0.3 is 0 Å². The van der Waals surface area contributed by atoms with Crippen LogP contribution in [0.4, 0.5) is 5.82 Å². The van der Waals surface area contributed by atoms with Crippen molar-refractivity contribution >= 4 is 27.4 Å². The van der Waals surface area contributed by atoms with Crippen LogP contribution in [-0.2, 0) is 11.3 Å². The minimum absolute atomic E-state index is 0.421. The third kappa shape index (κ3) is 3.74. The summed E-state index contributed by atoms with van der Waals surface area (Å²) < 4.78 is 7.48. The maximum atomic E-state index is 5.49. The molecule has 2 saturated heterocycles. The van der Waals surface area contributed by atoms with Gasteiger partial charge in [0.2, 0.25) is 0 Å². The molecule has 0 atom stereocenters. The summed E-state index contributed by atoms with van der Waals surface area (Å²) in [4.78, 5) is 17.3. The van der Waals surface area contributed by atoms with E-state index in [1.807, 2.05) is 10.9 Å². The molecule has 0 N–H and O–H groups in total. The van der Waals surface area contributed by atoms with Gasteiger partial charge in [0.1, 0.15) is 16.5 Å². The highest BCUT2D eigenvalue weighted by Crippen LogP contribution is 2.37. The molecule has 9 heteroatoms. The van der Waals surface area contributed by atoms with E-state index in [-0.39, 0.29) is 0 Å². The minimum atomic E-state index is 0.421. The van der Waals surface area contributed by atoms with Crippen LogP contribution in [0.1, 0.15) is 35.1 Å². The molecule has 2 fully saturated rings. The highest BCUT2D eigenvalue weighted by molar-refractivity contribution is 7.18. The van der Waals surface area contributed by atoms with E-state index < -0.39 is 0 Å². The molecule has 5 heterocycles. The van der Waals surface area contributed by atoms with Crippen LogP contribution < -0.4 is 4.90 Å². The summed E-state index contributed by atoms with van der Waals surface area (Å²) in [5, 5.41) is 9.39. The van der Waals surface area contributed by atoms with Gasteiger partial charge < -0.3 is 9.64 Å². The summed E-state index contributed by atoms with van der Waals surface area (Å²) in [6.07, 6.45) is 5.83. The first-order valence-corrected chi connectivity index (χ1v) is 11.2. The van der Waals surface area contributed by atoms with Gasteiger partial charge in [0.25, 0.3) is 0 Å². The SMILES string of the molecule is Cc1sc2nc(CN3CCOCC3)nc(N3CCC(n4ccnn4)CC3)c2c1C. The standard InChI is InChI=1S/C20H27N7OS/c1-14-15(2)29-20-18(14)19(22-17(23-20)13-25-9-11-28-12-10-25)26-6-3-16(4-7-26)27-8-5-21-24-27/h5,8,16H,3-4,6-7,9-13H2,1-2H3. The summed E-state index contributed by atoms with van der Waals surface area (Å²) in [7, 11) is 0. The molecule has 0 saturated carbocycles. The van der Waals surface area contributed by atoms with Crippen LogP contribution in [0.2, 0.25) is 0 Å². The Kier molecular flexibility index (Phi) is 5.19. The van der Waals surface area contributed by atoms with E-state index in [9.17, 15) is 0 Å². The lowest BCUT2D eigenvalue weighted by molar-refractivity contribution is 0.0331. The molecule has 8 nitrogen and oxygen atoms in total. The van der Waals surface area contributed by atoms with E-state index >= 15 is 0 Å². The first-order chi connectivity index (χ1) is 14.2. The van der Waals surface area contributed by atoms with Crippen LogP contribution in [0.25, 0.3) is 10.2 Å². The summed E-state index contributed by atoms with van der Waals surface area (Å²) >= 11 is 1.79. The second-order valence-electron chi connectivity index (χ2n) is 7.92. The predicted molar refractivity (Wildman–Crippen MR) is 113 cm³/mol. The Hall–Kier alpha value is -2.10. The summed E-state index contributed by atoms with van der Waals surface area (Å²) in [6, 6.07) is 0.421. The van der Waals surface area contributed by atoms with Gasteiger partial charge in [0.05, 0.1) is 37.4 Å². The number of aromatic nitrogens is 5. The van der Waals surface area contributed by atoms with Crippen molar-refractivity contribution < 1.29 is 4.74 Å². The molecule has 0 bridgehead atoms. The second-order valence-corrected chi connectivity index (χ2v) is 9.12. The van der Waals surface area contributed by atoms with Crippen LogP contribution in [0.5, 0.6) is 0 Å². The monoisotopic (exact) mass is 413 g/mol. The van der Waals surface area contributed by atoms with Crippen molar-refractivity contribution in [1.82, 2.24) is 29.9 Å². The molecule has 29 heavy (non-hydrogen) atoms. The summed E-state index contributed by atoms with van der Waals surface area (Å²) in [5.74, 6) is 2.03. The molecular formula is C20H27N7OS. The van der Waals surface area contributed by atoms with Crippen molar-refractivity contribution in [2.45, 2.75) is 39.3 Å². The average Bonchev–Trinajstić information content (AvgIpc) is 3.37. The van der Waals surface area contributed by atoms with Crippen LogP contribution in [-0.4, -0.2) is 69.3 Å². The largest absolute Gasteiger partial charge is 0.379 e. The fourth-order valence-corrected chi connectivity index (χ4v) is 5.33. The number of ether oxygens (including phenoxy) is 1. The Morgan fingerprint density at radius 3 is 2.62 bits per heavy atom. The van der Waals surface area contributed by atoms with E-state index in [2.05, 4.69) is 34.0 Å². The number of rotatable bonds is 4. The van der Waals surface area contributed by atoms with E-state index in [1.54, 1.807) is 17.5 Å². The number of fused-ring (bicyclic) bond motifs is 1. The van der Waals surface area contributed by atoms with Crippen LogP contribution >= 0.6 is 11.3 Å². The molecule has 2 aliphatic rings. The number of morpholine rings is 1. The Labute approximate surface area is 174 Å². The van der Waals surface area contributed by atoms with Crippen molar-refractivity contribution in [3.05, 3.63) is 28.7 Å². The molecular weight excluding hydrogens is 386 g/mol. The quantitative estimate of drug-likeness (QED) is 0.651. The van der Waals surface area contributed by atoms with Crippen LogP contribution in [0, 0.1) is 13.8 Å². The maximum absolute atomic E-state index is 5.49. The van der Waals surface area contributed by atoms with E-state index in [4.69, 9.17) is 14.7 Å². The highest BCUT2D eigenvalue weighted by atomic mass is 32.1. The molecule has 0 radical (unpaired) electrons. The number of piperidine rings is 1. The van der Waals surface area contributed by atoms with Gasteiger partial charge in [0.15, 0.2) is 0 Å². The first-order valence-electron chi connectivity index (χ1n) is 10.4. The predicted octanol–water partition coefficient (Wildman–Crippen LogP) is 2.57. The fourth-order valence-electron chi connectivity index (χ4n) is 4.28. The molecule has 3 aromatic heterocycles. The second kappa shape index (κ2) is 7.97. The smallest absolute Gasteiger partial charge is 0.146 e. The number of aryl methyl sites for hydroxylation is 2. The lowest BCUT2D eigenvalue weighted by Gasteiger charge is -2.33. The Balaban J connectivity index is 1.43. The fraction of sp³-hybridized carbons (Fsp3) is 0.600. The van der Waals surface area contributed by atoms with Gasteiger partial charge in [-0.1, -0.05) is 5.21 Å². The van der Waals surface area contributed by atoms with Crippen LogP contribution in [0.15, 0.2) is 12.4 Å². The third-order valence-corrected chi connectivity index (χ3v) is 7.20. The molecule has 0 amide bonds. The zero-order valence-corrected chi connectivity index (χ0v) is 17.9. The molecule has 0 spiro atoms. The van der Waals surface area contributed by atoms with Gasteiger partial charge in [-0.25, -0.2) is 14.6 Å².